The summed E-state index contributed by atoms with van der Waals surface area (Å²) in [6.45, 7) is 8.15. The second-order valence-corrected chi connectivity index (χ2v) is 5.22. The molecule has 0 aliphatic carbocycles. The molecule has 0 fully saturated rings. The summed E-state index contributed by atoms with van der Waals surface area (Å²) >= 11 is 0. The molecule has 2 nitrogen and oxygen atoms in total. The van der Waals surface area contributed by atoms with Crippen LogP contribution in [0.15, 0.2) is 36.4 Å². The van der Waals surface area contributed by atoms with Gasteiger partial charge in [-0.2, -0.15) is 0 Å². The van der Waals surface area contributed by atoms with Gasteiger partial charge in [-0.15, -0.1) is 0 Å². The molecule has 2 heteroatoms. The summed E-state index contributed by atoms with van der Waals surface area (Å²) in [6, 6.07) is 11.9. The van der Waals surface area contributed by atoms with E-state index in [9.17, 15) is 5.11 Å². The Morgan fingerprint density at radius 2 is 1.65 bits per heavy atom. The molecule has 0 aliphatic rings. The van der Waals surface area contributed by atoms with Crippen molar-refractivity contribution in [2.24, 2.45) is 0 Å². The first kappa shape index (κ1) is 14.6. The third-order valence-corrected chi connectivity index (χ3v) is 3.75. The highest BCUT2D eigenvalue weighted by atomic mass is 16.5. The van der Waals surface area contributed by atoms with Crippen LogP contribution in [0.25, 0.3) is 0 Å². The van der Waals surface area contributed by atoms with Crippen LogP contribution in [0.5, 0.6) is 11.5 Å². The largest absolute Gasteiger partial charge is 0.456 e. The lowest BCUT2D eigenvalue weighted by Gasteiger charge is -2.18. The molecule has 20 heavy (non-hydrogen) atoms. The summed E-state index contributed by atoms with van der Waals surface area (Å²) in [5.74, 6) is 1.62. The molecular weight excluding hydrogens is 248 g/mol. The molecule has 0 heterocycles. The normalized spacial score (nSPS) is 12.2. The zero-order chi connectivity index (χ0) is 14.7. The second-order valence-electron chi connectivity index (χ2n) is 5.22. The fraction of sp³-hybridized carbons (Fsp3) is 0.333. The van der Waals surface area contributed by atoms with Gasteiger partial charge in [0.1, 0.15) is 11.5 Å². The van der Waals surface area contributed by atoms with Gasteiger partial charge in [0.25, 0.3) is 0 Å². The second kappa shape index (κ2) is 6.10. The molecule has 0 amide bonds. The molecule has 2 aromatic rings. The molecule has 1 N–H and O–H groups in total. The minimum atomic E-state index is -0.489. The van der Waals surface area contributed by atoms with Crippen molar-refractivity contribution in [2.45, 2.75) is 40.2 Å². The number of hydrogen-bond acceptors (Lipinski definition) is 2. The van der Waals surface area contributed by atoms with E-state index >= 15 is 0 Å². The molecule has 106 valence electrons. The van der Waals surface area contributed by atoms with Crippen LogP contribution in [0.1, 0.15) is 41.7 Å². The van der Waals surface area contributed by atoms with Gasteiger partial charge in [0, 0.05) is 5.56 Å². The van der Waals surface area contributed by atoms with Gasteiger partial charge in [0.15, 0.2) is 0 Å². The summed E-state index contributed by atoms with van der Waals surface area (Å²) in [5, 5.41) is 10.1. The quantitative estimate of drug-likeness (QED) is 0.860. The van der Waals surface area contributed by atoms with Gasteiger partial charge >= 0.3 is 0 Å². The number of ether oxygens (including phenoxy) is 1. The molecule has 0 saturated carbocycles. The van der Waals surface area contributed by atoms with Gasteiger partial charge in [-0.25, -0.2) is 0 Å². The van der Waals surface area contributed by atoms with Crippen molar-refractivity contribution >= 4 is 0 Å². The molecule has 0 aromatic heterocycles. The molecular formula is C18H22O2. The summed E-state index contributed by atoms with van der Waals surface area (Å²) < 4.78 is 6.11. The van der Waals surface area contributed by atoms with E-state index in [4.69, 9.17) is 4.74 Å². The molecule has 2 rings (SSSR count). The van der Waals surface area contributed by atoms with E-state index in [0.717, 1.165) is 28.2 Å². The first-order valence-corrected chi connectivity index (χ1v) is 7.06. The number of benzene rings is 2. The van der Waals surface area contributed by atoms with Crippen molar-refractivity contribution < 1.29 is 9.84 Å². The zero-order valence-corrected chi connectivity index (χ0v) is 12.6. The first-order valence-electron chi connectivity index (χ1n) is 7.06. The predicted molar refractivity (Wildman–Crippen MR) is 82.4 cm³/mol. The summed E-state index contributed by atoms with van der Waals surface area (Å²) in [5.41, 5.74) is 4.30. The third kappa shape index (κ3) is 2.86. The van der Waals surface area contributed by atoms with Gasteiger partial charge < -0.3 is 9.84 Å². The standard InChI is InChI=1S/C18H22O2/c1-5-16(19)15-8-6-7-9-17(15)20-18-13(3)11-10-12(2)14(18)4/h6-11,16,19H,5H2,1-4H3/t16-/m0/s1. The average molecular weight is 270 g/mol. The Morgan fingerprint density at radius 3 is 2.35 bits per heavy atom. The topological polar surface area (TPSA) is 29.5 Å². The Balaban J connectivity index is 2.43. The van der Waals surface area contributed by atoms with Crippen molar-refractivity contribution in [3.05, 3.63) is 58.7 Å². The van der Waals surface area contributed by atoms with Gasteiger partial charge in [0.05, 0.1) is 6.10 Å². The molecule has 0 aliphatic heterocycles. The van der Waals surface area contributed by atoms with E-state index in [2.05, 4.69) is 26.0 Å². The SMILES string of the molecule is CC[C@H](O)c1ccccc1Oc1c(C)ccc(C)c1C. The van der Waals surface area contributed by atoms with E-state index in [0.29, 0.717) is 6.42 Å². The minimum Gasteiger partial charge on any atom is -0.456 e. The molecule has 0 spiro atoms. The summed E-state index contributed by atoms with van der Waals surface area (Å²) in [7, 11) is 0. The predicted octanol–water partition coefficient (Wildman–Crippen LogP) is 4.85. The minimum absolute atomic E-state index is 0.489. The summed E-state index contributed by atoms with van der Waals surface area (Å²) in [4.78, 5) is 0. The molecule has 0 unspecified atom stereocenters. The fourth-order valence-electron chi connectivity index (χ4n) is 2.26. The Kier molecular flexibility index (Phi) is 4.46. The maximum Gasteiger partial charge on any atom is 0.133 e. The van der Waals surface area contributed by atoms with E-state index in [1.807, 2.05) is 38.1 Å². The Labute approximate surface area is 121 Å². The number of aliphatic hydroxyl groups excluding tert-OH is 1. The Bertz CT molecular complexity index is 602. The molecule has 1 atom stereocenters. The number of hydrogen-bond donors (Lipinski definition) is 1. The fourth-order valence-corrected chi connectivity index (χ4v) is 2.26. The van der Waals surface area contributed by atoms with E-state index in [-0.39, 0.29) is 0 Å². The van der Waals surface area contributed by atoms with Crippen LogP contribution in [0.4, 0.5) is 0 Å². The highest BCUT2D eigenvalue weighted by Crippen LogP contribution is 2.35. The molecule has 0 radical (unpaired) electrons. The van der Waals surface area contributed by atoms with Crippen LogP contribution in [-0.4, -0.2) is 5.11 Å². The van der Waals surface area contributed by atoms with Crippen molar-refractivity contribution in [1.82, 2.24) is 0 Å². The van der Waals surface area contributed by atoms with E-state index in [1.54, 1.807) is 0 Å². The lowest BCUT2D eigenvalue weighted by atomic mass is 10.0. The smallest absolute Gasteiger partial charge is 0.133 e. The van der Waals surface area contributed by atoms with Crippen LogP contribution < -0.4 is 4.74 Å². The van der Waals surface area contributed by atoms with Gasteiger partial charge in [-0.1, -0.05) is 37.3 Å². The molecule has 0 bridgehead atoms. The number of aryl methyl sites for hydroxylation is 2. The van der Waals surface area contributed by atoms with E-state index < -0.39 is 6.10 Å². The highest BCUT2D eigenvalue weighted by molar-refractivity contribution is 5.48. The van der Waals surface area contributed by atoms with Crippen molar-refractivity contribution in [1.29, 1.82) is 0 Å². The van der Waals surface area contributed by atoms with Crippen LogP contribution >= 0.6 is 0 Å². The van der Waals surface area contributed by atoms with Crippen LogP contribution in [-0.2, 0) is 0 Å². The molecule has 2 aromatic carbocycles. The highest BCUT2D eigenvalue weighted by Gasteiger charge is 2.14. The Hall–Kier alpha value is -1.80. The van der Waals surface area contributed by atoms with Gasteiger partial charge in [-0.05, 0) is 49.9 Å². The van der Waals surface area contributed by atoms with Crippen LogP contribution in [0, 0.1) is 20.8 Å². The van der Waals surface area contributed by atoms with Crippen molar-refractivity contribution in [2.75, 3.05) is 0 Å². The average Bonchev–Trinajstić information content (AvgIpc) is 2.47. The Morgan fingerprint density at radius 1 is 1.00 bits per heavy atom. The van der Waals surface area contributed by atoms with E-state index in [1.165, 1.54) is 5.56 Å². The van der Waals surface area contributed by atoms with Crippen molar-refractivity contribution in [3.63, 3.8) is 0 Å². The number of rotatable bonds is 4. The number of aliphatic hydroxyl groups is 1. The van der Waals surface area contributed by atoms with Crippen LogP contribution in [0.2, 0.25) is 0 Å². The monoisotopic (exact) mass is 270 g/mol. The van der Waals surface area contributed by atoms with Crippen molar-refractivity contribution in [3.8, 4) is 11.5 Å². The zero-order valence-electron chi connectivity index (χ0n) is 12.6. The summed E-state index contributed by atoms with van der Waals surface area (Å²) in [6.07, 6.45) is 0.184. The van der Waals surface area contributed by atoms with Gasteiger partial charge in [0.2, 0.25) is 0 Å². The lowest BCUT2D eigenvalue weighted by Crippen LogP contribution is -2.00. The van der Waals surface area contributed by atoms with Crippen LogP contribution in [0.3, 0.4) is 0 Å². The maximum atomic E-state index is 10.1. The van der Waals surface area contributed by atoms with Gasteiger partial charge in [-0.3, -0.25) is 0 Å². The third-order valence-electron chi connectivity index (χ3n) is 3.75. The lowest BCUT2D eigenvalue weighted by molar-refractivity contribution is 0.170. The maximum absolute atomic E-state index is 10.1. The first-order chi connectivity index (χ1) is 9.54. The number of para-hydroxylation sites is 1. The molecule has 0 saturated heterocycles.